The Morgan fingerprint density at radius 1 is 1.38 bits per heavy atom. The van der Waals surface area contributed by atoms with E-state index in [0.717, 1.165) is 65.2 Å². The summed E-state index contributed by atoms with van der Waals surface area (Å²) in [5.41, 5.74) is 3.91. The second-order valence-electron chi connectivity index (χ2n) is 8.28. The Labute approximate surface area is 190 Å². The molecule has 1 N–H and O–H groups in total. The van der Waals surface area contributed by atoms with Gasteiger partial charge >= 0.3 is 0 Å². The molecule has 3 aromatic rings. The third-order valence-corrected chi connectivity index (χ3v) is 7.31. The largest absolute Gasteiger partial charge is 0.480 e. The topological polar surface area (TPSA) is 92.6 Å². The maximum Gasteiger partial charge on any atom is 0.237 e. The molecule has 0 saturated heterocycles. The zero-order valence-electron chi connectivity index (χ0n) is 18.5. The molecule has 1 aliphatic carbocycles. The number of amides is 1. The first-order valence-corrected chi connectivity index (χ1v) is 11.8. The zero-order valence-corrected chi connectivity index (χ0v) is 19.3. The first kappa shape index (κ1) is 20.8. The lowest BCUT2D eigenvalue weighted by Gasteiger charge is -2.26. The van der Waals surface area contributed by atoms with E-state index in [0.29, 0.717) is 12.4 Å². The van der Waals surface area contributed by atoms with Crippen LogP contribution >= 0.6 is 11.3 Å². The minimum absolute atomic E-state index is 0.0387. The molecule has 0 aromatic carbocycles. The maximum atomic E-state index is 12.8. The summed E-state index contributed by atoms with van der Waals surface area (Å²) in [6, 6.07) is 2.00. The monoisotopic (exact) mass is 450 g/mol. The fourth-order valence-electron chi connectivity index (χ4n) is 4.56. The Hall–Kier alpha value is -3.07. The predicted octanol–water partition coefficient (Wildman–Crippen LogP) is 3.74. The number of aromatic nitrogens is 3. The van der Waals surface area contributed by atoms with Gasteiger partial charge in [-0.15, -0.1) is 11.3 Å². The second kappa shape index (κ2) is 8.46. The summed E-state index contributed by atoms with van der Waals surface area (Å²) < 4.78 is 5.52. The molecule has 1 atom stereocenters. The number of nitrogens with one attached hydrogen (secondary N) is 1. The van der Waals surface area contributed by atoms with Gasteiger partial charge in [-0.3, -0.25) is 9.79 Å². The average Bonchev–Trinajstić information content (AvgIpc) is 3.41. The van der Waals surface area contributed by atoms with Crippen molar-refractivity contribution in [2.24, 2.45) is 10.9 Å². The van der Waals surface area contributed by atoms with Crippen molar-refractivity contribution < 1.29 is 9.53 Å². The van der Waals surface area contributed by atoms with Crippen LogP contribution in [0.3, 0.4) is 0 Å². The van der Waals surface area contributed by atoms with Crippen LogP contribution in [0.4, 0.5) is 11.5 Å². The van der Waals surface area contributed by atoms with Gasteiger partial charge in [0.15, 0.2) is 0 Å². The van der Waals surface area contributed by atoms with E-state index in [9.17, 15) is 4.79 Å². The van der Waals surface area contributed by atoms with Crippen molar-refractivity contribution in [3.8, 4) is 5.88 Å². The Morgan fingerprint density at radius 2 is 2.25 bits per heavy atom. The van der Waals surface area contributed by atoms with Crippen molar-refractivity contribution in [1.29, 1.82) is 0 Å². The van der Waals surface area contributed by atoms with Crippen molar-refractivity contribution in [1.82, 2.24) is 19.9 Å². The van der Waals surface area contributed by atoms with E-state index in [2.05, 4.69) is 32.2 Å². The number of thiophene rings is 1. The van der Waals surface area contributed by atoms with Gasteiger partial charge in [0, 0.05) is 36.2 Å². The minimum atomic E-state index is 0.0387. The van der Waals surface area contributed by atoms with Crippen molar-refractivity contribution in [3.05, 3.63) is 34.1 Å². The predicted molar refractivity (Wildman–Crippen MR) is 126 cm³/mol. The molecule has 1 aliphatic heterocycles. The van der Waals surface area contributed by atoms with E-state index in [4.69, 9.17) is 4.74 Å². The molecular formula is C23H26N6O2S. The Morgan fingerprint density at radius 3 is 3.06 bits per heavy atom. The van der Waals surface area contributed by atoms with E-state index in [1.807, 2.05) is 24.2 Å². The van der Waals surface area contributed by atoms with Crippen LogP contribution in [-0.4, -0.2) is 52.7 Å². The van der Waals surface area contributed by atoms with Gasteiger partial charge in [0.1, 0.15) is 22.7 Å². The number of carbonyl (C=O) groups excluding carboxylic acids is 1. The third kappa shape index (κ3) is 3.60. The van der Waals surface area contributed by atoms with Gasteiger partial charge in [0.2, 0.25) is 11.8 Å². The van der Waals surface area contributed by atoms with Crippen LogP contribution in [0.25, 0.3) is 10.2 Å². The molecule has 0 spiro atoms. The van der Waals surface area contributed by atoms with E-state index >= 15 is 0 Å². The molecule has 0 fully saturated rings. The highest BCUT2D eigenvalue weighted by Gasteiger charge is 2.30. The number of hydrogen-bond donors (Lipinski definition) is 1. The van der Waals surface area contributed by atoms with Crippen LogP contribution in [-0.2, 0) is 24.2 Å². The van der Waals surface area contributed by atoms with Gasteiger partial charge in [-0.2, -0.15) is 0 Å². The number of pyridine rings is 1. The van der Waals surface area contributed by atoms with Gasteiger partial charge in [-0.1, -0.05) is 6.92 Å². The van der Waals surface area contributed by atoms with Crippen molar-refractivity contribution in [2.45, 2.75) is 39.2 Å². The number of methoxy groups -OCH3 is 1. The van der Waals surface area contributed by atoms with Crippen LogP contribution in [0.15, 0.2) is 17.4 Å². The van der Waals surface area contributed by atoms with Crippen molar-refractivity contribution in [2.75, 3.05) is 26.0 Å². The number of fused-ring (bicyclic) bond motifs is 4. The molecule has 32 heavy (non-hydrogen) atoms. The van der Waals surface area contributed by atoms with Crippen LogP contribution < -0.4 is 10.1 Å². The molecule has 2 aliphatic rings. The lowest BCUT2D eigenvalue weighted by molar-refractivity contribution is -0.134. The fraction of sp³-hybridized carbons (Fsp3) is 0.435. The zero-order chi connectivity index (χ0) is 22.2. The molecule has 166 valence electrons. The third-order valence-electron chi connectivity index (χ3n) is 6.15. The molecule has 8 nitrogen and oxygen atoms in total. The van der Waals surface area contributed by atoms with Gasteiger partial charge in [-0.25, -0.2) is 15.0 Å². The number of ether oxygens (including phenoxy) is 1. The summed E-state index contributed by atoms with van der Waals surface area (Å²) in [6.07, 6.45) is 6.85. The highest BCUT2D eigenvalue weighted by molar-refractivity contribution is 7.19. The summed E-state index contributed by atoms with van der Waals surface area (Å²) in [5, 5.41) is 4.47. The molecule has 0 radical (unpaired) electrons. The molecule has 1 amide bonds. The van der Waals surface area contributed by atoms with E-state index < -0.39 is 0 Å². The summed E-state index contributed by atoms with van der Waals surface area (Å²) in [6.45, 7) is 3.48. The van der Waals surface area contributed by atoms with Crippen LogP contribution in [0.2, 0.25) is 0 Å². The smallest absolute Gasteiger partial charge is 0.237 e. The van der Waals surface area contributed by atoms with E-state index in [-0.39, 0.29) is 11.8 Å². The molecule has 4 heterocycles. The molecule has 0 unspecified atom stereocenters. The quantitative estimate of drug-likeness (QED) is 0.615. The number of aryl methyl sites for hydroxylation is 1. The second-order valence-corrected chi connectivity index (χ2v) is 9.37. The number of carbonyl (C=O) groups is 1. The van der Waals surface area contributed by atoms with Gasteiger partial charge in [-0.05, 0) is 37.3 Å². The van der Waals surface area contributed by atoms with Crippen molar-refractivity contribution >= 4 is 45.2 Å². The first-order chi connectivity index (χ1) is 15.6. The van der Waals surface area contributed by atoms with Crippen molar-refractivity contribution in [3.63, 3.8) is 0 Å². The molecule has 5 rings (SSSR count). The van der Waals surface area contributed by atoms with Crippen LogP contribution in [0.1, 0.15) is 41.5 Å². The van der Waals surface area contributed by atoms with Crippen LogP contribution in [0, 0.1) is 5.92 Å². The Bertz CT molecular complexity index is 1220. The normalized spacial score (nSPS) is 16.7. The maximum absolute atomic E-state index is 12.8. The molecule has 9 heteroatoms. The number of anilines is 2. The average molecular weight is 451 g/mol. The van der Waals surface area contributed by atoms with Gasteiger partial charge in [0.05, 0.1) is 24.7 Å². The summed E-state index contributed by atoms with van der Waals surface area (Å²) >= 11 is 1.67. The standard InChI is InChI=1S/C23H26N6O2S/c1-4-7-29(2)23(30)13-5-6-15-18(9-13)32-22-19(15)20(25-12-26-22)27-16-8-14-10-24-11-17(14)28-21(16)31-3/h8,10,12-13H,4-7,9,11H2,1-3H3,(H,25,26,27)/t13-/m0/s1. The Kier molecular flexibility index (Phi) is 5.50. The summed E-state index contributed by atoms with van der Waals surface area (Å²) in [7, 11) is 3.52. The van der Waals surface area contributed by atoms with Gasteiger partial charge in [0.25, 0.3) is 0 Å². The number of rotatable bonds is 6. The van der Waals surface area contributed by atoms with Crippen LogP contribution in [0.5, 0.6) is 5.88 Å². The molecule has 3 aromatic heterocycles. The highest BCUT2D eigenvalue weighted by atomic mass is 32.1. The molecular weight excluding hydrogens is 424 g/mol. The summed E-state index contributed by atoms with van der Waals surface area (Å²) in [5.74, 6) is 1.55. The van der Waals surface area contributed by atoms with E-state index in [1.54, 1.807) is 24.8 Å². The lowest BCUT2D eigenvalue weighted by Crippen LogP contribution is -2.35. The Balaban J connectivity index is 1.48. The number of aliphatic imine (C=N–C) groups is 1. The number of nitrogens with zero attached hydrogens (tertiary/aromatic N) is 5. The molecule has 0 bridgehead atoms. The first-order valence-electron chi connectivity index (χ1n) is 10.9. The SMILES string of the molecule is CCCN(C)C(=O)[C@H]1CCc2c(sc3ncnc(Nc4cc5c(nc4OC)CN=C5)c23)C1. The lowest BCUT2D eigenvalue weighted by atomic mass is 9.87. The fourth-order valence-corrected chi connectivity index (χ4v) is 5.83. The number of hydrogen-bond acceptors (Lipinski definition) is 8. The summed E-state index contributed by atoms with van der Waals surface area (Å²) in [4.78, 5) is 34.9. The molecule has 0 saturated carbocycles. The van der Waals surface area contributed by atoms with Gasteiger partial charge < -0.3 is 15.0 Å². The highest BCUT2D eigenvalue weighted by Crippen LogP contribution is 2.41. The minimum Gasteiger partial charge on any atom is -0.480 e. The van der Waals surface area contributed by atoms with E-state index in [1.165, 1.54) is 10.4 Å².